The van der Waals surface area contributed by atoms with Crippen LogP contribution in [0, 0.1) is 0 Å². The molecule has 1 aliphatic heterocycles. The Bertz CT molecular complexity index is 265. The number of carbonyl (C=O) groups excluding carboxylic acids is 1. The summed E-state index contributed by atoms with van der Waals surface area (Å²) in [4.78, 5) is 11.1. The Kier molecular flexibility index (Phi) is 4.72. The first kappa shape index (κ1) is 14.2. The summed E-state index contributed by atoms with van der Waals surface area (Å²) >= 11 is 0. The Hall–Kier alpha value is -0.860. The molecule has 0 aliphatic carbocycles. The Labute approximate surface area is 96.3 Å². The molecule has 1 unspecified atom stereocenters. The molecule has 1 atom stereocenters. The Morgan fingerprint density at radius 2 is 2.18 bits per heavy atom. The van der Waals surface area contributed by atoms with Gasteiger partial charge in [0, 0.05) is 19.6 Å². The monoisotopic (exact) mass is 256 g/mol. The lowest BCUT2D eigenvalue weighted by Gasteiger charge is -2.20. The highest BCUT2D eigenvalue weighted by atomic mass is 19.4. The molecule has 0 aromatic carbocycles. The minimum absolute atomic E-state index is 0.0144. The maximum absolute atomic E-state index is 11.7. The van der Waals surface area contributed by atoms with Crippen LogP contribution in [0.25, 0.3) is 0 Å². The average molecular weight is 256 g/mol. The Morgan fingerprint density at radius 3 is 2.71 bits per heavy atom. The molecule has 100 valence electrons. The molecule has 0 aromatic rings. The molecular weight excluding hydrogens is 241 g/mol. The van der Waals surface area contributed by atoms with E-state index in [1.807, 2.05) is 5.32 Å². The molecule has 0 saturated carbocycles. The zero-order valence-corrected chi connectivity index (χ0v) is 9.14. The number of hydrogen-bond acceptors (Lipinski definition) is 4. The van der Waals surface area contributed by atoms with Gasteiger partial charge in [0.25, 0.3) is 0 Å². The summed E-state index contributed by atoms with van der Waals surface area (Å²) in [7, 11) is 0. The highest BCUT2D eigenvalue weighted by Gasteiger charge is 2.32. The maximum Gasteiger partial charge on any atom is 0.401 e. The number of aliphatic hydroxyl groups is 1. The molecule has 0 radical (unpaired) electrons. The van der Waals surface area contributed by atoms with Crippen LogP contribution >= 0.6 is 0 Å². The summed E-state index contributed by atoms with van der Waals surface area (Å²) in [5.41, 5.74) is -1.10. The highest BCUT2D eigenvalue weighted by Crippen LogP contribution is 2.16. The first-order valence-electron chi connectivity index (χ1n) is 5.15. The largest absolute Gasteiger partial charge is 0.401 e. The van der Waals surface area contributed by atoms with Crippen molar-refractivity contribution in [2.75, 3.05) is 32.8 Å². The van der Waals surface area contributed by atoms with Gasteiger partial charge in [-0.05, 0) is 0 Å². The second kappa shape index (κ2) is 5.65. The van der Waals surface area contributed by atoms with E-state index in [1.165, 1.54) is 0 Å². The number of nitrogens with one attached hydrogen (secondary N) is 2. The first-order valence-corrected chi connectivity index (χ1v) is 5.15. The fourth-order valence-electron chi connectivity index (χ4n) is 1.38. The standard InChI is InChI=1S/C9H15F3N2O3/c10-9(11,12)5-13-3-7(15)14-4-8(16)1-2-17-6-8/h13,16H,1-6H2,(H,14,15). The molecule has 1 aliphatic rings. The fraction of sp³-hybridized carbons (Fsp3) is 0.889. The summed E-state index contributed by atoms with van der Waals surface area (Å²) < 4.78 is 40.2. The molecular formula is C9H15F3N2O3. The van der Waals surface area contributed by atoms with Crippen molar-refractivity contribution in [2.24, 2.45) is 0 Å². The van der Waals surface area contributed by atoms with E-state index in [2.05, 4.69) is 5.32 Å². The first-order chi connectivity index (χ1) is 7.81. The van der Waals surface area contributed by atoms with E-state index >= 15 is 0 Å². The van der Waals surface area contributed by atoms with E-state index in [9.17, 15) is 23.1 Å². The van der Waals surface area contributed by atoms with Crippen LogP contribution in [0.15, 0.2) is 0 Å². The number of rotatable bonds is 5. The third-order valence-electron chi connectivity index (χ3n) is 2.31. The predicted octanol–water partition coefficient (Wildman–Crippen LogP) is -0.594. The van der Waals surface area contributed by atoms with Gasteiger partial charge in [0.05, 0.1) is 19.7 Å². The van der Waals surface area contributed by atoms with Gasteiger partial charge in [-0.25, -0.2) is 0 Å². The summed E-state index contributed by atoms with van der Waals surface area (Å²) in [5.74, 6) is -0.588. The van der Waals surface area contributed by atoms with Crippen LogP contribution in [0.4, 0.5) is 13.2 Å². The van der Waals surface area contributed by atoms with Gasteiger partial charge >= 0.3 is 6.18 Å². The molecule has 3 N–H and O–H groups in total. The van der Waals surface area contributed by atoms with Crippen LogP contribution in [0.2, 0.25) is 0 Å². The summed E-state index contributed by atoms with van der Waals surface area (Å²) in [6.07, 6.45) is -3.93. The average Bonchev–Trinajstić information content (AvgIpc) is 2.61. The number of halogens is 3. The molecule has 1 saturated heterocycles. The second-order valence-corrected chi connectivity index (χ2v) is 4.02. The fourth-order valence-corrected chi connectivity index (χ4v) is 1.38. The van der Waals surface area contributed by atoms with Crippen LogP contribution in [-0.2, 0) is 9.53 Å². The van der Waals surface area contributed by atoms with Gasteiger partial charge in [-0.1, -0.05) is 0 Å². The summed E-state index contributed by atoms with van der Waals surface area (Å²) in [6.45, 7) is -1.12. The second-order valence-electron chi connectivity index (χ2n) is 4.02. The number of carbonyl (C=O) groups is 1. The van der Waals surface area contributed by atoms with Crippen LogP contribution in [0.3, 0.4) is 0 Å². The molecule has 0 aromatic heterocycles. The predicted molar refractivity (Wildman–Crippen MR) is 52.3 cm³/mol. The van der Waals surface area contributed by atoms with Crippen LogP contribution < -0.4 is 10.6 Å². The van der Waals surface area contributed by atoms with E-state index in [4.69, 9.17) is 4.74 Å². The topological polar surface area (TPSA) is 70.6 Å². The Morgan fingerprint density at radius 1 is 1.47 bits per heavy atom. The molecule has 5 nitrogen and oxygen atoms in total. The summed E-state index contributed by atoms with van der Waals surface area (Å²) in [5, 5.41) is 14.1. The lowest BCUT2D eigenvalue weighted by Crippen LogP contribution is -2.46. The van der Waals surface area contributed by atoms with Gasteiger partial charge in [0.2, 0.25) is 5.91 Å². The van der Waals surface area contributed by atoms with Gasteiger partial charge in [0.1, 0.15) is 5.60 Å². The SMILES string of the molecule is O=C(CNCC(F)(F)F)NCC1(O)CCOC1. The lowest BCUT2D eigenvalue weighted by molar-refractivity contribution is -0.129. The third kappa shape index (κ3) is 5.85. The molecule has 1 heterocycles. The van der Waals surface area contributed by atoms with E-state index < -0.39 is 30.8 Å². The molecule has 1 fully saturated rings. The van der Waals surface area contributed by atoms with Crippen molar-refractivity contribution >= 4 is 5.91 Å². The highest BCUT2D eigenvalue weighted by molar-refractivity contribution is 5.78. The van der Waals surface area contributed by atoms with Gasteiger partial charge in [-0.2, -0.15) is 13.2 Å². The molecule has 17 heavy (non-hydrogen) atoms. The molecule has 0 bridgehead atoms. The van der Waals surface area contributed by atoms with Crippen molar-refractivity contribution in [1.82, 2.24) is 10.6 Å². The van der Waals surface area contributed by atoms with Crippen molar-refractivity contribution < 1.29 is 27.8 Å². The van der Waals surface area contributed by atoms with Crippen molar-refractivity contribution in [3.05, 3.63) is 0 Å². The van der Waals surface area contributed by atoms with Crippen molar-refractivity contribution in [3.63, 3.8) is 0 Å². The van der Waals surface area contributed by atoms with Crippen LogP contribution in [-0.4, -0.2) is 55.6 Å². The van der Waals surface area contributed by atoms with E-state index in [-0.39, 0.29) is 13.2 Å². The van der Waals surface area contributed by atoms with Gasteiger partial charge < -0.3 is 20.5 Å². The smallest absolute Gasteiger partial charge is 0.386 e. The minimum Gasteiger partial charge on any atom is -0.386 e. The number of alkyl halides is 3. The lowest BCUT2D eigenvalue weighted by atomic mass is 10.0. The number of hydrogen-bond donors (Lipinski definition) is 3. The van der Waals surface area contributed by atoms with Gasteiger partial charge in [0.15, 0.2) is 0 Å². The number of amides is 1. The molecule has 8 heteroatoms. The van der Waals surface area contributed by atoms with Crippen molar-refractivity contribution in [1.29, 1.82) is 0 Å². The number of ether oxygens (including phenoxy) is 1. The van der Waals surface area contributed by atoms with E-state index in [0.717, 1.165) is 0 Å². The Balaban J connectivity index is 2.13. The van der Waals surface area contributed by atoms with Crippen LogP contribution in [0.1, 0.15) is 6.42 Å². The third-order valence-corrected chi connectivity index (χ3v) is 2.31. The van der Waals surface area contributed by atoms with Crippen molar-refractivity contribution in [3.8, 4) is 0 Å². The van der Waals surface area contributed by atoms with E-state index in [1.54, 1.807) is 0 Å². The molecule has 0 spiro atoms. The van der Waals surface area contributed by atoms with Gasteiger partial charge in [-0.3, -0.25) is 4.79 Å². The van der Waals surface area contributed by atoms with Crippen molar-refractivity contribution in [2.45, 2.75) is 18.2 Å². The molecule has 1 rings (SSSR count). The van der Waals surface area contributed by atoms with Crippen LogP contribution in [0.5, 0.6) is 0 Å². The maximum atomic E-state index is 11.7. The zero-order chi connectivity index (χ0) is 12.9. The quantitative estimate of drug-likeness (QED) is 0.614. The minimum atomic E-state index is -4.34. The van der Waals surface area contributed by atoms with E-state index in [0.29, 0.717) is 13.0 Å². The normalized spacial score (nSPS) is 24.9. The zero-order valence-electron chi connectivity index (χ0n) is 9.14. The van der Waals surface area contributed by atoms with Gasteiger partial charge in [-0.15, -0.1) is 0 Å². The molecule has 1 amide bonds. The summed E-state index contributed by atoms with van der Waals surface area (Å²) in [6, 6.07) is 0.